The standard InChI is InChI=1S/C25H24ClN3O3S/c1-28(2)13-12-27-24(30)18-10-11-23-21(15-18)29(16-17-6-5-7-19(26)14-17)25(31)20-8-3-4-9-22(20)33(23)32/h3-11,14-15H,12-13,16H2,1-2H3,(H,27,30). The molecule has 0 spiro atoms. The highest BCUT2D eigenvalue weighted by molar-refractivity contribution is 7.85. The number of benzene rings is 3. The molecule has 1 N–H and O–H groups in total. The summed E-state index contributed by atoms with van der Waals surface area (Å²) in [5, 5.41) is 3.45. The van der Waals surface area contributed by atoms with Crippen LogP contribution < -0.4 is 10.2 Å². The van der Waals surface area contributed by atoms with Crippen LogP contribution in [0.15, 0.2) is 76.5 Å². The van der Waals surface area contributed by atoms with Gasteiger partial charge in [0.25, 0.3) is 11.8 Å². The lowest BCUT2D eigenvalue weighted by Gasteiger charge is -2.24. The van der Waals surface area contributed by atoms with Crippen molar-refractivity contribution in [3.05, 3.63) is 88.4 Å². The van der Waals surface area contributed by atoms with Gasteiger partial charge in [-0.3, -0.25) is 9.59 Å². The largest absolute Gasteiger partial charge is 0.351 e. The first-order valence-corrected chi connectivity index (χ1v) is 12.0. The van der Waals surface area contributed by atoms with Gasteiger partial charge in [0.05, 0.1) is 38.4 Å². The molecule has 1 heterocycles. The van der Waals surface area contributed by atoms with Crippen molar-refractivity contribution in [2.75, 3.05) is 32.1 Å². The number of fused-ring (bicyclic) bond motifs is 2. The van der Waals surface area contributed by atoms with E-state index in [2.05, 4.69) is 5.32 Å². The lowest BCUT2D eigenvalue weighted by Crippen LogP contribution is -2.32. The van der Waals surface area contributed by atoms with E-state index in [1.54, 1.807) is 59.5 Å². The first-order valence-electron chi connectivity index (χ1n) is 10.5. The molecule has 3 aromatic carbocycles. The fourth-order valence-corrected chi connectivity index (χ4v) is 5.23. The number of carbonyl (C=O) groups excluding carboxylic acids is 2. The van der Waals surface area contributed by atoms with Crippen molar-refractivity contribution in [3.8, 4) is 0 Å². The average molecular weight is 482 g/mol. The highest BCUT2D eigenvalue weighted by Crippen LogP contribution is 2.36. The Morgan fingerprint density at radius 2 is 1.82 bits per heavy atom. The van der Waals surface area contributed by atoms with Crippen LogP contribution in [0.1, 0.15) is 26.3 Å². The van der Waals surface area contributed by atoms with Crippen LogP contribution in [0.2, 0.25) is 5.02 Å². The molecule has 0 aliphatic carbocycles. The molecule has 0 radical (unpaired) electrons. The van der Waals surface area contributed by atoms with Crippen LogP contribution in [0.5, 0.6) is 0 Å². The summed E-state index contributed by atoms with van der Waals surface area (Å²) in [6.45, 7) is 1.42. The minimum absolute atomic E-state index is 0.226. The molecule has 1 atom stereocenters. The van der Waals surface area contributed by atoms with Crippen molar-refractivity contribution >= 4 is 39.9 Å². The zero-order chi connectivity index (χ0) is 23.5. The van der Waals surface area contributed by atoms with Crippen molar-refractivity contribution in [1.29, 1.82) is 0 Å². The molecule has 0 aromatic heterocycles. The van der Waals surface area contributed by atoms with Gasteiger partial charge in [-0.05, 0) is 62.1 Å². The third-order valence-corrected chi connectivity index (χ3v) is 7.08. The van der Waals surface area contributed by atoms with Crippen LogP contribution in [0.3, 0.4) is 0 Å². The molecule has 33 heavy (non-hydrogen) atoms. The topological polar surface area (TPSA) is 69.7 Å². The third-order valence-electron chi connectivity index (χ3n) is 5.35. The highest BCUT2D eigenvalue weighted by Gasteiger charge is 2.31. The SMILES string of the molecule is CN(C)CCNC(=O)c1ccc2c(c1)N(Cc1cccc(Cl)c1)C(=O)c1ccccc1S2=O. The molecule has 0 fully saturated rings. The van der Waals surface area contributed by atoms with Gasteiger partial charge in [0, 0.05) is 23.7 Å². The Bertz CT molecular complexity index is 1250. The van der Waals surface area contributed by atoms with Gasteiger partial charge in [-0.15, -0.1) is 0 Å². The van der Waals surface area contributed by atoms with Gasteiger partial charge >= 0.3 is 0 Å². The molecule has 170 valence electrons. The number of carbonyl (C=O) groups is 2. The quantitative estimate of drug-likeness (QED) is 0.578. The Labute approximate surface area is 200 Å². The van der Waals surface area contributed by atoms with E-state index in [9.17, 15) is 13.8 Å². The third kappa shape index (κ3) is 5.00. The molecule has 3 aromatic rings. The van der Waals surface area contributed by atoms with Gasteiger partial charge in [-0.1, -0.05) is 35.9 Å². The summed E-state index contributed by atoms with van der Waals surface area (Å²) in [5.41, 5.74) is 2.06. The minimum atomic E-state index is -1.57. The second-order valence-corrected chi connectivity index (χ2v) is 9.88. The summed E-state index contributed by atoms with van der Waals surface area (Å²) >= 11 is 6.16. The van der Waals surface area contributed by atoms with Crippen LogP contribution in [0, 0.1) is 0 Å². The Morgan fingerprint density at radius 1 is 1.03 bits per heavy atom. The van der Waals surface area contributed by atoms with Crippen LogP contribution in [0.4, 0.5) is 5.69 Å². The molecule has 1 unspecified atom stereocenters. The van der Waals surface area contributed by atoms with Crippen LogP contribution in [-0.2, 0) is 17.3 Å². The molecular formula is C25H24ClN3O3S. The molecule has 6 nitrogen and oxygen atoms in total. The number of nitrogens with one attached hydrogen (secondary N) is 1. The van der Waals surface area contributed by atoms with Crippen LogP contribution in [-0.4, -0.2) is 48.1 Å². The first kappa shape index (κ1) is 23.2. The zero-order valence-electron chi connectivity index (χ0n) is 18.4. The van der Waals surface area contributed by atoms with Gasteiger partial charge in [0.1, 0.15) is 0 Å². The first-order chi connectivity index (χ1) is 15.8. The summed E-state index contributed by atoms with van der Waals surface area (Å²) in [6, 6.07) is 19.1. The van der Waals surface area contributed by atoms with Crippen molar-refractivity contribution in [1.82, 2.24) is 10.2 Å². The Kier molecular flexibility index (Phi) is 6.93. The molecule has 0 saturated heterocycles. The van der Waals surface area contributed by atoms with Gasteiger partial charge in [0.2, 0.25) is 0 Å². The van der Waals surface area contributed by atoms with Crippen molar-refractivity contribution in [3.63, 3.8) is 0 Å². The fourth-order valence-electron chi connectivity index (χ4n) is 3.67. The van der Waals surface area contributed by atoms with E-state index in [1.807, 2.05) is 31.1 Å². The van der Waals surface area contributed by atoms with E-state index in [-0.39, 0.29) is 18.4 Å². The van der Waals surface area contributed by atoms with Gasteiger partial charge in [-0.2, -0.15) is 0 Å². The number of rotatable bonds is 6. The Morgan fingerprint density at radius 3 is 2.58 bits per heavy atom. The summed E-state index contributed by atoms with van der Waals surface area (Å²) < 4.78 is 13.5. The second-order valence-electron chi connectivity index (χ2n) is 8.03. The Balaban J connectivity index is 1.78. The summed E-state index contributed by atoms with van der Waals surface area (Å²) in [7, 11) is 2.29. The molecule has 8 heteroatoms. The average Bonchev–Trinajstić information content (AvgIpc) is 2.88. The van der Waals surface area contributed by atoms with Crippen molar-refractivity contribution in [2.24, 2.45) is 0 Å². The van der Waals surface area contributed by atoms with Crippen molar-refractivity contribution < 1.29 is 13.8 Å². The number of hydrogen-bond acceptors (Lipinski definition) is 4. The summed E-state index contributed by atoms with van der Waals surface area (Å²) in [4.78, 5) is 30.9. The highest BCUT2D eigenvalue weighted by atomic mass is 35.5. The number of anilines is 1. The summed E-state index contributed by atoms with van der Waals surface area (Å²) in [5.74, 6) is -0.523. The normalized spacial score (nSPS) is 15.1. The lowest BCUT2D eigenvalue weighted by molar-refractivity contribution is 0.0947. The van der Waals surface area contributed by atoms with E-state index in [0.29, 0.717) is 44.7 Å². The Hall–Kier alpha value is -3.00. The lowest BCUT2D eigenvalue weighted by atomic mass is 10.1. The van der Waals surface area contributed by atoms with E-state index in [0.717, 1.165) is 5.56 Å². The number of nitrogens with zero attached hydrogens (tertiary/aromatic N) is 2. The van der Waals surface area contributed by atoms with Crippen LogP contribution >= 0.6 is 11.6 Å². The molecule has 4 rings (SSSR count). The second kappa shape index (κ2) is 9.87. The van der Waals surface area contributed by atoms with Gasteiger partial charge in [-0.25, -0.2) is 4.21 Å². The molecule has 1 aliphatic rings. The number of hydrogen-bond donors (Lipinski definition) is 1. The van der Waals surface area contributed by atoms with E-state index >= 15 is 0 Å². The zero-order valence-corrected chi connectivity index (χ0v) is 19.9. The van der Waals surface area contributed by atoms with Gasteiger partial charge < -0.3 is 15.1 Å². The fraction of sp³-hybridized carbons (Fsp3) is 0.200. The molecule has 1 aliphatic heterocycles. The molecule has 0 bridgehead atoms. The van der Waals surface area contributed by atoms with E-state index in [1.165, 1.54) is 0 Å². The van der Waals surface area contributed by atoms with Crippen molar-refractivity contribution in [2.45, 2.75) is 16.3 Å². The smallest absolute Gasteiger partial charge is 0.259 e. The molecular weight excluding hydrogens is 458 g/mol. The summed E-state index contributed by atoms with van der Waals surface area (Å²) in [6.07, 6.45) is 0. The minimum Gasteiger partial charge on any atom is -0.351 e. The maximum Gasteiger partial charge on any atom is 0.259 e. The number of halogens is 1. The maximum atomic E-state index is 13.6. The predicted molar refractivity (Wildman–Crippen MR) is 130 cm³/mol. The maximum absolute atomic E-state index is 13.6. The van der Waals surface area contributed by atoms with Crippen LogP contribution in [0.25, 0.3) is 0 Å². The monoisotopic (exact) mass is 481 g/mol. The van der Waals surface area contributed by atoms with E-state index < -0.39 is 10.8 Å². The molecule has 0 saturated carbocycles. The predicted octanol–water partition coefficient (Wildman–Crippen LogP) is 3.96. The molecule has 2 amide bonds. The van der Waals surface area contributed by atoms with Gasteiger partial charge in [0.15, 0.2) is 0 Å². The number of likely N-dealkylation sites (N-methyl/N-ethyl adjacent to an activating group) is 1. The number of amides is 2. The van der Waals surface area contributed by atoms with E-state index in [4.69, 9.17) is 11.6 Å².